The standard InChI is InChI=1S/C22H21FN2O4/c1-29-21(28)22(10-4-5-11-22)24-15-9-8-14(18(23)12-15)13-25-19(26)16-6-2-3-7-17(16)20(25)27/h2-3,6-9,12,24H,4-5,10-11,13H2,1H3. The van der Waals surface area contributed by atoms with Gasteiger partial charge in [-0.2, -0.15) is 0 Å². The van der Waals surface area contributed by atoms with Crippen LogP contribution in [0.5, 0.6) is 0 Å². The van der Waals surface area contributed by atoms with E-state index in [1.54, 1.807) is 30.3 Å². The highest BCUT2D eigenvalue weighted by Gasteiger charge is 2.42. The Hall–Kier alpha value is -3.22. The van der Waals surface area contributed by atoms with E-state index in [0.717, 1.165) is 17.7 Å². The molecule has 150 valence electrons. The third-order valence-corrected chi connectivity index (χ3v) is 5.68. The van der Waals surface area contributed by atoms with Crippen molar-refractivity contribution in [2.45, 2.75) is 37.8 Å². The number of nitrogens with one attached hydrogen (secondary N) is 1. The molecule has 0 unspecified atom stereocenters. The number of hydrogen-bond donors (Lipinski definition) is 1. The van der Waals surface area contributed by atoms with Crippen molar-refractivity contribution < 1.29 is 23.5 Å². The minimum absolute atomic E-state index is 0.152. The van der Waals surface area contributed by atoms with Crippen LogP contribution in [0.25, 0.3) is 0 Å². The van der Waals surface area contributed by atoms with E-state index in [-0.39, 0.29) is 18.1 Å². The molecule has 4 rings (SSSR count). The topological polar surface area (TPSA) is 75.7 Å². The molecular weight excluding hydrogens is 375 g/mol. The Balaban J connectivity index is 1.54. The minimum Gasteiger partial charge on any atom is -0.467 e. The second kappa shape index (κ2) is 7.31. The summed E-state index contributed by atoms with van der Waals surface area (Å²) in [6.45, 7) is -0.152. The molecule has 0 saturated heterocycles. The lowest BCUT2D eigenvalue weighted by atomic mass is 9.97. The van der Waals surface area contributed by atoms with Gasteiger partial charge in [0.2, 0.25) is 0 Å². The van der Waals surface area contributed by atoms with Gasteiger partial charge in [0.25, 0.3) is 11.8 Å². The third kappa shape index (κ3) is 3.26. The van der Waals surface area contributed by atoms with E-state index in [1.807, 2.05) is 0 Å². The number of nitrogens with zero attached hydrogens (tertiary/aromatic N) is 1. The summed E-state index contributed by atoms with van der Waals surface area (Å²) in [5, 5.41) is 3.14. The molecule has 2 aliphatic rings. The zero-order chi connectivity index (χ0) is 20.6. The molecule has 1 aliphatic heterocycles. The Bertz CT molecular complexity index is 963. The SMILES string of the molecule is COC(=O)C1(Nc2ccc(CN3C(=O)c4ccccc4C3=O)c(F)c2)CCCC1. The molecule has 0 atom stereocenters. The summed E-state index contributed by atoms with van der Waals surface area (Å²) in [5.41, 5.74) is 0.505. The van der Waals surface area contributed by atoms with Gasteiger partial charge in [-0.3, -0.25) is 14.5 Å². The predicted molar refractivity (Wildman–Crippen MR) is 104 cm³/mol. The van der Waals surface area contributed by atoms with Crippen molar-refractivity contribution in [2.24, 2.45) is 0 Å². The number of ether oxygens (including phenoxy) is 1. The highest BCUT2D eigenvalue weighted by Crippen LogP contribution is 2.35. The van der Waals surface area contributed by atoms with Gasteiger partial charge in [-0.05, 0) is 37.1 Å². The zero-order valence-electron chi connectivity index (χ0n) is 16.0. The van der Waals surface area contributed by atoms with Gasteiger partial charge in [-0.1, -0.05) is 31.0 Å². The van der Waals surface area contributed by atoms with Crippen LogP contribution in [0.15, 0.2) is 42.5 Å². The highest BCUT2D eigenvalue weighted by atomic mass is 19.1. The quantitative estimate of drug-likeness (QED) is 0.618. The smallest absolute Gasteiger partial charge is 0.331 e. The van der Waals surface area contributed by atoms with E-state index in [2.05, 4.69) is 5.32 Å². The first-order valence-electron chi connectivity index (χ1n) is 9.55. The molecular formula is C22H21FN2O4. The molecule has 0 aromatic heterocycles. The van der Waals surface area contributed by atoms with Crippen molar-refractivity contribution >= 4 is 23.5 Å². The van der Waals surface area contributed by atoms with E-state index < -0.39 is 23.2 Å². The number of hydrogen-bond acceptors (Lipinski definition) is 5. The van der Waals surface area contributed by atoms with Crippen LogP contribution in [0.3, 0.4) is 0 Å². The fourth-order valence-corrected chi connectivity index (χ4v) is 4.14. The maximum atomic E-state index is 14.8. The monoisotopic (exact) mass is 396 g/mol. The van der Waals surface area contributed by atoms with E-state index >= 15 is 0 Å². The Morgan fingerprint density at radius 3 is 2.28 bits per heavy atom. The van der Waals surface area contributed by atoms with Gasteiger partial charge >= 0.3 is 5.97 Å². The van der Waals surface area contributed by atoms with Gasteiger partial charge in [-0.15, -0.1) is 0 Å². The number of benzene rings is 2. The number of fused-ring (bicyclic) bond motifs is 1. The number of imide groups is 1. The number of halogens is 1. The normalized spacial score (nSPS) is 17.4. The lowest BCUT2D eigenvalue weighted by molar-refractivity contribution is -0.145. The van der Waals surface area contributed by atoms with Crippen molar-refractivity contribution in [1.82, 2.24) is 4.90 Å². The summed E-state index contributed by atoms with van der Waals surface area (Å²) in [6.07, 6.45) is 3.03. The molecule has 2 aromatic carbocycles. The van der Waals surface area contributed by atoms with Crippen molar-refractivity contribution in [2.75, 3.05) is 12.4 Å². The van der Waals surface area contributed by atoms with Crippen LogP contribution in [-0.4, -0.2) is 35.3 Å². The Morgan fingerprint density at radius 1 is 1.10 bits per heavy atom. The van der Waals surface area contributed by atoms with Gasteiger partial charge in [0.1, 0.15) is 11.4 Å². The summed E-state index contributed by atoms with van der Waals surface area (Å²) >= 11 is 0. The van der Waals surface area contributed by atoms with Gasteiger partial charge in [0, 0.05) is 11.3 Å². The molecule has 1 heterocycles. The number of amides is 2. The molecule has 1 aliphatic carbocycles. The van der Waals surface area contributed by atoms with E-state index in [4.69, 9.17) is 4.74 Å². The number of esters is 1. The molecule has 6 nitrogen and oxygen atoms in total. The number of anilines is 1. The van der Waals surface area contributed by atoms with Crippen LogP contribution in [-0.2, 0) is 16.1 Å². The Morgan fingerprint density at radius 2 is 1.72 bits per heavy atom. The summed E-state index contributed by atoms with van der Waals surface area (Å²) in [5.74, 6) is -1.76. The fourth-order valence-electron chi connectivity index (χ4n) is 4.14. The molecule has 0 bridgehead atoms. The molecule has 0 radical (unpaired) electrons. The number of carbonyl (C=O) groups excluding carboxylic acids is 3. The molecule has 0 spiro atoms. The summed E-state index contributed by atoms with van der Waals surface area (Å²) < 4.78 is 19.7. The molecule has 2 aromatic rings. The molecule has 2 amide bonds. The maximum Gasteiger partial charge on any atom is 0.331 e. The Labute approximate surface area is 167 Å². The van der Waals surface area contributed by atoms with E-state index in [1.165, 1.54) is 19.2 Å². The first-order valence-corrected chi connectivity index (χ1v) is 9.55. The summed E-state index contributed by atoms with van der Waals surface area (Å²) in [7, 11) is 1.34. The van der Waals surface area contributed by atoms with Crippen LogP contribution in [0, 0.1) is 5.82 Å². The van der Waals surface area contributed by atoms with E-state index in [9.17, 15) is 18.8 Å². The van der Waals surface area contributed by atoms with Gasteiger partial charge in [0.15, 0.2) is 0 Å². The highest BCUT2D eigenvalue weighted by molar-refractivity contribution is 6.21. The molecule has 1 saturated carbocycles. The zero-order valence-corrected chi connectivity index (χ0v) is 16.0. The summed E-state index contributed by atoms with van der Waals surface area (Å²) in [4.78, 5) is 38.3. The van der Waals surface area contributed by atoms with E-state index in [0.29, 0.717) is 29.7 Å². The molecule has 1 N–H and O–H groups in total. The molecule has 7 heteroatoms. The van der Waals surface area contributed by atoms with Crippen molar-refractivity contribution in [3.63, 3.8) is 0 Å². The number of methoxy groups -OCH3 is 1. The van der Waals surface area contributed by atoms with Crippen LogP contribution < -0.4 is 5.32 Å². The largest absolute Gasteiger partial charge is 0.467 e. The number of carbonyl (C=O) groups is 3. The molecule has 29 heavy (non-hydrogen) atoms. The second-order valence-corrected chi connectivity index (χ2v) is 7.45. The van der Waals surface area contributed by atoms with Gasteiger partial charge in [0.05, 0.1) is 24.8 Å². The van der Waals surface area contributed by atoms with Crippen molar-refractivity contribution in [3.05, 3.63) is 65.0 Å². The first kappa shape index (κ1) is 19.1. The summed E-state index contributed by atoms with van der Waals surface area (Å²) in [6, 6.07) is 11.0. The minimum atomic E-state index is -0.842. The van der Waals surface area contributed by atoms with Crippen LogP contribution in [0.2, 0.25) is 0 Å². The maximum absolute atomic E-state index is 14.8. The Kier molecular flexibility index (Phi) is 4.82. The number of rotatable bonds is 5. The van der Waals surface area contributed by atoms with Crippen molar-refractivity contribution in [1.29, 1.82) is 0 Å². The van der Waals surface area contributed by atoms with Crippen LogP contribution in [0.1, 0.15) is 52.0 Å². The lowest BCUT2D eigenvalue weighted by Gasteiger charge is -2.28. The van der Waals surface area contributed by atoms with Gasteiger partial charge in [-0.25, -0.2) is 9.18 Å². The van der Waals surface area contributed by atoms with Gasteiger partial charge < -0.3 is 10.1 Å². The average molecular weight is 396 g/mol. The van der Waals surface area contributed by atoms with Crippen LogP contribution >= 0.6 is 0 Å². The van der Waals surface area contributed by atoms with Crippen molar-refractivity contribution in [3.8, 4) is 0 Å². The van der Waals surface area contributed by atoms with Crippen LogP contribution in [0.4, 0.5) is 10.1 Å². The third-order valence-electron chi connectivity index (χ3n) is 5.68. The predicted octanol–water partition coefficient (Wildman–Crippen LogP) is 3.52. The lowest BCUT2D eigenvalue weighted by Crippen LogP contribution is -2.44. The average Bonchev–Trinajstić information content (AvgIpc) is 3.29. The second-order valence-electron chi connectivity index (χ2n) is 7.45. The first-order chi connectivity index (χ1) is 13.9. The fraction of sp³-hybridized carbons (Fsp3) is 0.318. The molecule has 1 fully saturated rings.